The Balaban J connectivity index is 1.87. The van der Waals surface area contributed by atoms with Crippen LogP contribution in [0.2, 0.25) is 5.02 Å². The van der Waals surface area contributed by atoms with Gasteiger partial charge in [0.15, 0.2) is 5.82 Å². The third kappa shape index (κ3) is 2.84. The van der Waals surface area contributed by atoms with Gasteiger partial charge >= 0.3 is 0 Å². The van der Waals surface area contributed by atoms with E-state index < -0.39 is 0 Å². The molecule has 2 aromatic heterocycles. The molecule has 0 atom stereocenters. The van der Waals surface area contributed by atoms with E-state index >= 15 is 0 Å². The lowest BCUT2D eigenvalue weighted by molar-refractivity contribution is 1.05. The minimum atomic E-state index is 0.694. The van der Waals surface area contributed by atoms with Gasteiger partial charge in [0.2, 0.25) is 0 Å². The van der Waals surface area contributed by atoms with E-state index in [2.05, 4.69) is 27.6 Å². The summed E-state index contributed by atoms with van der Waals surface area (Å²) in [7, 11) is 0. The highest BCUT2D eigenvalue weighted by Crippen LogP contribution is 2.31. The van der Waals surface area contributed by atoms with Crippen LogP contribution < -0.4 is 5.32 Å². The quantitative estimate of drug-likeness (QED) is 0.532. The van der Waals surface area contributed by atoms with Gasteiger partial charge in [-0.1, -0.05) is 48.0 Å². The van der Waals surface area contributed by atoms with E-state index in [1.165, 1.54) is 0 Å². The molecular weight excluding hydrogens is 320 g/mol. The first-order valence-corrected chi connectivity index (χ1v) is 8.01. The average molecular weight is 335 g/mol. The maximum Gasteiger partial charge on any atom is 0.153 e. The zero-order valence-electron chi connectivity index (χ0n) is 13.0. The van der Waals surface area contributed by atoms with Crippen molar-refractivity contribution >= 4 is 34.0 Å². The van der Waals surface area contributed by atoms with Gasteiger partial charge in [0.1, 0.15) is 5.82 Å². The molecule has 2 heterocycles. The fourth-order valence-corrected chi connectivity index (χ4v) is 2.92. The summed E-state index contributed by atoms with van der Waals surface area (Å²) in [5.41, 5.74) is 2.87. The standard InChI is InChI=1S/C19H15ClN4/c1-12-9-18(24-23-12)21-17-11-13-5-2-3-8-16(13)19(22-17)14-6-4-7-15(20)10-14/h2-11H,1H3,(H2,21,22,23,24). The van der Waals surface area contributed by atoms with Crippen LogP contribution in [0, 0.1) is 6.92 Å². The van der Waals surface area contributed by atoms with Crippen LogP contribution in [-0.4, -0.2) is 15.2 Å². The molecule has 0 bridgehead atoms. The van der Waals surface area contributed by atoms with Crippen LogP contribution in [0.15, 0.2) is 60.7 Å². The minimum Gasteiger partial charge on any atom is -0.323 e. The maximum atomic E-state index is 6.16. The zero-order valence-corrected chi connectivity index (χ0v) is 13.8. The molecule has 4 rings (SSSR count). The molecule has 0 aliphatic carbocycles. The first-order valence-electron chi connectivity index (χ1n) is 7.64. The number of fused-ring (bicyclic) bond motifs is 1. The van der Waals surface area contributed by atoms with E-state index in [0.29, 0.717) is 5.02 Å². The molecule has 2 N–H and O–H groups in total. The Morgan fingerprint density at radius 1 is 0.958 bits per heavy atom. The van der Waals surface area contributed by atoms with E-state index in [-0.39, 0.29) is 0 Å². The molecule has 4 aromatic rings. The number of pyridine rings is 1. The van der Waals surface area contributed by atoms with Crippen molar-refractivity contribution in [1.82, 2.24) is 15.2 Å². The summed E-state index contributed by atoms with van der Waals surface area (Å²) >= 11 is 6.16. The van der Waals surface area contributed by atoms with Crippen molar-refractivity contribution in [1.29, 1.82) is 0 Å². The van der Waals surface area contributed by atoms with Crippen LogP contribution in [0.3, 0.4) is 0 Å². The second-order valence-electron chi connectivity index (χ2n) is 5.65. The molecule has 2 aromatic carbocycles. The molecule has 0 spiro atoms. The highest BCUT2D eigenvalue weighted by Gasteiger charge is 2.09. The number of H-pyrrole nitrogens is 1. The van der Waals surface area contributed by atoms with Gasteiger partial charge in [0, 0.05) is 27.7 Å². The summed E-state index contributed by atoms with van der Waals surface area (Å²) in [5, 5.41) is 13.3. The summed E-state index contributed by atoms with van der Waals surface area (Å²) < 4.78 is 0. The SMILES string of the molecule is Cc1cc(Nc2cc3ccccc3c(-c3cccc(Cl)c3)n2)n[nH]1. The van der Waals surface area contributed by atoms with E-state index in [4.69, 9.17) is 16.6 Å². The van der Waals surface area contributed by atoms with Gasteiger partial charge in [-0.3, -0.25) is 5.10 Å². The molecule has 0 amide bonds. The van der Waals surface area contributed by atoms with Gasteiger partial charge in [-0.2, -0.15) is 5.10 Å². The average Bonchev–Trinajstić information content (AvgIpc) is 2.99. The lowest BCUT2D eigenvalue weighted by atomic mass is 10.0. The highest BCUT2D eigenvalue weighted by atomic mass is 35.5. The lowest BCUT2D eigenvalue weighted by Crippen LogP contribution is -1.96. The van der Waals surface area contributed by atoms with E-state index in [1.54, 1.807) is 0 Å². The Morgan fingerprint density at radius 2 is 1.83 bits per heavy atom. The Kier molecular flexibility index (Phi) is 3.67. The second kappa shape index (κ2) is 5.98. The number of aromatic nitrogens is 3. The largest absolute Gasteiger partial charge is 0.323 e. The van der Waals surface area contributed by atoms with E-state index in [9.17, 15) is 0 Å². The van der Waals surface area contributed by atoms with Crippen molar-refractivity contribution in [2.24, 2.45) is 0 Å². The van der Waals surface area contributed by atoms with Crippen LogP contribution in [0.1, 0.15) is 5.69 Å². The molecule has 0 fully saturated rings. The molecule has 5 heteroatoms. The van der Waals surface area contributed by atoms with E-state index in [1.807, 2.05) is 55.5 Å². The first kappa shape index (κ1) is 14.7. The van der Waals surface area contributed by atoms with Gasteiger partial charge in [0.25, 0.3) is 0 Å². The number of hydrogen-bond acceptors (Lipinski definition) is 3. The number of aryl methyl sites for hydroxylation is 1. The fourth-order valence-electron chi connectivity index (χ4n) is 2.73. The van der Waals surface area contributed by atoms with Crippen LogP contribution in [0.25, 0.3) is 22.0 Å². The number of anilines is 2. The summed E-state index contributed by atoms with van der Waals surface area (Å²) in [5.74, 6) is 1.49. The number of benzene rings is 2. The number of aromatic amines is 1. The molecule has 24 heavy (non-hydrogen) atoms. The van der Waals surface area contributed by atoms with E-state index in [0.717, 1.165) is 39.4 Å². The molecule has 118 valence electrons. The highest BCUT2D eigenvalue weighted by molar-refractivity contribution is 6.30. The number of hydrogen-bond donors (Lipinski definition) is 2. The molecule has 0 aliphatic heterocycles. The first-order chi connectivity index (χ1) is 11.7. The summed E-state index contributed by atoms with van der Waals surface area (Å²) in [6.07, 6.45) is 0. The molecular formula is C19H15ClN4. The molecule has 0 saturated carbocycles. The van der Waals surface area contributed by atoms with Gasteiger partial charge in [-0.25, -0.2) is 4.98 Å². The predicted molar refractivity (Wildman–Crippen MR) is 98.8 cm³/mol. The summed E-state index contributed by atoms with van der Waals surface area (Å²) in [6, 6.07) is 19.9. The van der Waals surface area contributed by atoms with Gasteiger partial charge < -0.3 is 5.32 Å². The number of halogens is 1. The third-order valence-electron chi connectivity index (χ3n) is 3.80. The van der Waals surface area contributed by atoms with Crippen molar-refractivity contribution in [3.8, 4) is 11.3 Å². The number of nitrogens with zero attached hydrogens (tertiary/aromatic N) is 2. The van der Waals surface area contributed by atoms with Crippen molar-refractivity contribution in [2.75, 3.05) is 5.32 Å². The normalized spacial score (nSPS) is 10.9. The van der Waals surface area contributed by atoms with Crippen LogP contribution in [0.5, 0.6) is 0 Å². The third-order valence-corrected chi connectivity index (χ3v) is 4.04. The molecule has 4 nitrogen and oxygen atoms in total. The summed E-state index contributed by atoms with van der Waals surface area (Å²) in [6.45, 7) is 1.96. The van der Waals surface area contributed by atoms with Crippen molar-refractivity contribution in [3.05, 3.63) is 71.4 Å². The lowest BCUT2D eigenvalue weighted by Gasteiger charge is -2.10. The zero-order chi connectivity index (χ0) is 16.5. The molecule has 0 radical (unpaired) electrons. The van der Waals surface area contributed by atoms with Crippen LogP contribution in [0.4, 0.5) is 11.6 Å². The Morgan fingerprint density at radius 3 is 2.62 bits per heavy atom. The second-order valence-corrected chi connectivity index (χ2v) is 6.09. The van der Waals surface area contributed by atoms with Gasteiger partial charge in [0.05, 0.1) is 5.69 Å². The Bertz CT molecular complexity index is 1020. The predicted octanol–water partition coefficient (Wildman–Crippen LogP) is 5.33. The molecule has 0 aliphatic rings. The van der Waals surface area contributed by atoms with Gasteiger partial charge in [-0.15, -0.1) is 0 Å². The topological polar surface area (TPSA) is 53.6 Å². The van der Waals surface area contributed by atoms with Gasteiger partial charge in [-0.05, 0) is 30.5 Å². The molecule has 0 saturated heterocycles. The Labute approximate surface area is 144 Å². The Hall–Kier alpha value is -2.85. The molecule has 0 unspecified atom stereocenters. The van der Waals surface area contributed by atoms with Crippen molar-refractivity contribution in [3.63, 3.8) is 0 Å². The maximum absolute atomic E-state index is 6.16. The summed E-state index contributed by atoms with van der Waals surface area (Å²) in [4.78, 5) is 4.79. The van der Waals surface area contributed by atoms with Crippen LogP contribution in [-0.2, 0) is 0 Å². The minimum absolute atomic E-state index is 0.694. The van der Waals surface area contributed by atoms with Crippen molar-refractivity contribution in [2.45, 2.75) is 6.92 Å². The smallest absolute Gasteiger partial charge is 0.153 e. The van der Waals surface area contributed by atoms with Crippen LogP contribution >= 0.6 is 11.6 Å². The monoisotopic (exact) mass is 334 g/mol. The van der Waals surface area contributed by atoms with Crippen molar-refractivity contribution < 1.29 is 0 Å². The number of nitrogens with one attached hydrogen (secondary N) is 2. The number of rotatable bonds is 3. The fraction of sp³-hybridized carbons (Fsp3) is 0.0526.